The fourth-order valence-corrected chi connectivity index (χ4v) is 1.16. The third kappa shape index (κ3) is 11.2. The molecule has 0 aromatic heterocycles. The fraction of sp³-hybridized carbons (Fsp3) is 0.846. The molecule has 0 atom stereocenters. The normalized spacial score (nSPS) is 10.4. The molecule has 0 rings (SSSR count). The van der Waals surface area contributed by atoms with Gasteiger partial charge in [0.15, 0.2) is 0 Å². The first-order valence-electron chi connectivity index (χ1n) is 6.37. The number of carbonyl (C=O) groups excluding carboxylic acids is 2. The summed E-state index contributed by atoms with van der Waals surface area (Å²) >= 11 is 0. The maximum atomic E-state index is 11.2. The maximum absolute atomic E-state index is 11.2. The summed E-state index contributed by atoms with van der Waals surface area (Å²) in [7, 11) is 0. The summed E-state index contributed by atoms with van der Waals surface area (Å²) in [5.41, 5.74) is 0. The predicted octanol–water partition coefficient (Wildman–Crippen LogP) is 2.70. The molecule has 0 radical (unpaired) electrons. The molecule has 0 unspecified atom stereocenters. The van der Waals surface area contributed by atoms with E-state index in [2.05, 4.69) is 0 Å². The van der Waals surface area contributed by atoms with Crippen molar-refractivity contribution >= 4 is 11.9 Å². The minimum Gasteiger partial charge on any atom is -0.466 e. The zero-order chi connectivity index (χ0) is 13.1. The van der Waals surface area contributed by atoms with Crippen LogP contribution in [0.5, 0.6) is 0 Å². The Labute approximate surface area is 104 Å². The van der Waals surface area contributed by atoms with Crippen molar-refractivity contribution in [3.05, 3.63) is 0 Å². The van der Waals surface area contributed by atoms with Crippen molar-refractivity contribution in [3.8, 4) is 0 Å². The zero-order valence-electron chi connectivity index (χ0n) is 11.2. The highest BCUT2D eigenvalue weighted by Crippen LogP contribution is 2.04. The van der Waals surface area contributed by atoms with E-state index < -0.39 is 0 Å². The number of hydrogen-bond donors (Lipinski definition) is 0. The molecular formula is C13H24O4. The van der Waals surface area contributed by atoms with Crippen LogP contribution in [0.25, 0.3) is 0 Å². The van der Waals surface area contributed by atoms with E-state index in [0.29, 0.717) is 44.8 Å². The first-order valence-corrected chi connectivity index (χ1v) is 6.37. The Kier molecular flexibility index (Phi) is 9.49. The van der Waals surface area contributed by atoms with Gasteiger partial charge in [-0.1, -0.05) is 20.8 Å². The van der Waals surface area contributed by atoms with Crippen LogP contribution in [0.4, 0.5) is 0 Å². The van der Waals surface area contributed by atoms with E-state index in [1.54, 1.807) is 0 Å². The average Bonchev–Trinajstić information content (AvgIpc) is 2.29. The highest BCUT2D eigenvalue weighted by molar-refractivity contribution is 5.70. The molecule has 0 aliphatic carbocycles. The number of ether oxygens (including phenoxy) is 2. The molecule has 0 heterocycles. The number of unbranched alkanes of at least 4 members (excludes halogenated alkanes) is 1. The quantitative estimate of drug-likeness (QED) is 0.462. The largest absolute Gasteiger partial charge is 0.466 e. The van der Waals surface area contributed by atoms with Gasteiger partial charge in [0.05, 0.1) is 13.2 Å². The summed E-state index contributed by atoms with van der Waals surface area (Å²) in [6.45, 7) is 6.90. The highest BCUT2D eigenvalue weighted by Gasteiger charge is 2.06. The molecule has 0 N–H and O–H groups in total. The van der Waals surface area contributed by atoms with Crippen LogP contribution in [0.1, 0.15) is 52.9 Å². The lowest BCUT2D eigenvalue weighted by molar-refractivity contribution is -0.146. The number of carbonyl (C=O) groups is 2. The average molecular weight is 244 g/mol. The van der Waals surface area contributed by atoms with E-state index in [9.17, 15) is 9.59 Å². The van der Waals surface area contributed by atoms with E-state index >= 15 is 0 Å². The molecule has 0 aliphatic rings. The summed E-state index contributed by atoms with van der Waals surface area (Å²) in [6.07, 6.45) is 2.97. The molecular weight excluding hydrogens is 220 g/mol. The fourth-order valence-electron chi connectivity index (χ4n) is 1.16. The summed E-state index contributed by atoms with van der Waals surface area (Å²) < 4.78 is 9.94. The van der Waals surface area contributed by atoms with E-state index in [1.807, 2.05) is 20.8 Å². The Morgan fingerprint density at radius 2 is 1.53 bits per heavy atom. The van der Waals surface area contributed by atoms with Crippen molar-refractivity contribution in [3.63, 3.8) is 0 Å². The van der Waals surface area contributed by atoms with Crippen LogP contribution < -0.4 is 0 Å². The van der Waals surface area contributed by atoms with Gasteiger partial charge in [-0.05, 0) is 25.2 Å². The Morgan fingerprint density at radius 3 is 2.00 bits per heavy atom. The van der Waals surface area contributed by atoms with Gasteiger partial charge < -0.3 is 9.47 Å². The lowest BCUT2D eigenvalue weighted by Gasteiger charge is -2.06. The van der Waals surface area contributed by atoms with Crippen LogP contribution in [-0.2, 0) is 19.1 Å². The van der Waals surface area contributed by atoms with Gasteiger partial charge in [0.25, 0.3) is 0 Å². The Bertz CT molecular complexity index is 223. The third-order valence-electron chi connectivity index (χ3n) is 2.06. The zero-order valence-corrected chi connectivity index (χ0v) is 11.2. The van der Waals surface area contributed by atoms with Crippen molar-refractivity contribution in [1.29, 1.82) is 0 Å². The Morgan fingerprint density at radius 1 is 1.00 bits per heavy atom. The smallest absolute Gasteiger partial charge is 0.305 e. The summed E-state index contributed by atoms with van der Waals surface area (Å²) in [6, 6.07) is 0. The third-order valence-corrected chi connectivity index (χ3v) is 2.06. The van der Waals surface area contributed by atoms with Gasteiger partial charge in [-0.2, -0.15) is 0 Å². The molecule has 0 bridgehead atoms. The molecule has 0 saturated carbocycles. The monoisotopic (exact) mass is 244 g/mol. The van der Waals surface area contributed by atoms with Gasteiger partial charge in [0, 0.05) is 12.8 Å². The number of rotatable bonds is 9. The first-order chi connectivity index (χ1) is 8.06. The molecule has 17 heavy (non-hydrogen) atoms. The van der Waals surface area contributed by atoms with Crippen LogP contribution in [0, 0.1) is 5.92 Å². The minimum atomic E-state index is -0.180. The topological polar surface area (TPSA) is 52.6 Å². The van der Waals surface area contributed by atoms with Gasteiger partial charge >= 0.3 is 11.9 Å². The molecule has 0 aromatic rings. The lowest BCUT2D eigenvalue weighted by Crippen LogP contribution is -2.10. The van der Waals surface area contributed by atoms with Gasteiger partial charge in [0.2, 0.25) is 0 Å². The molecule has 0 spiro atoms. The van der Waals surface area contributed by atoms with Crippen LogP contribution in [0.3, 0.4) is 0 Å². The highest BCUT2D eigenvalue weighted by atomic mass is 16.5. The number of hydrogen-bond acceptors (Lipinski definition) is 4. The molecule has 0 amide bonds. The van der Waals surface area contributed by atoms with Gasteiger partial charge in [-0.3, -0.25) is 9.59 Å². The molecule has 4 nitrogen and oxygen atoms in total. The van der Waals surface area contributed by atoms with Crippen molar-refractivity contribution in [2.75, 3.05) is 13.2 Å². The SMILES string of the molecule is CCCOC(=O)CCCCC(=O)OCC(C)C. The van der Waals surface area contributed by atoms with Crippen molar-refractivity contribution in [2.45, 2.75) is 52.9 Å². The molecule has 0 saturated heterocycles. The van der Waals surface area contributed by atoms with E-state index in [4.69, 9.17) is 9.47 Å². The maximum Gasteiger partial charge on any atom is 0.305 e. The van der Waals surface area contributed by atoms with Gasteiger partial charge in [-0.25, -0.2) is 0 Å². The molecule has 100 valence electrons. The molecule has 0 aliphatic heterocycles. The standard InChI is InChI=1S/C13H24O4/c1-4-9-16-12(14)7-5-6-8-13(15)17-10-11(2)3/h11H,4-10H2,1-3H3. The van der Waals surface area contributed by atoms with Crippen LogP contribution in [0.15, 0.2) is 0 Å². The first kappa shape index (κ1) is 15.9. The Balaban J connectivity index is 3.38. The second kappa shape index (κ2) is 10.1. The number of esters is 2. The van der Waals surface area contributed by atoms with Crippen molar-refractivity contribution < 1.29 is 19.1 Å². The Hall–Kier alpha value is -1.06. The van der Waals surface area contributed by atoms with Crippen molar-refractivity contribution in [1.82, 2.24) is 0 Å². The van der Waals surface area contributed by atoms with E-state index in [0.717, 1.165) is 6.42 Å². The second-order valence-electron chi connectivity index (χ2n) is 4.50. The van der Waals surface area contributed by atoms with Crippen molar-refractivity contribution in [2.24, 2.45) is 5.92 Å². The van der Waals surface area contributed by atoms with E-state index in [1.165, 1.54) is 0 Å². The van der Waals surface area contributed by atoms with Crippen LogP contribution >= 0.6 is 0 Å². The molecule has 4 heteroatoms. The lowest BCUT2D eigenvalue weighted by atomic mass is 10.2. The predicted molar refractivity (Wildman–Crippen MR) is 65.5 cm³/mol. The molecule has 0 fully saturated rings. The minimum absolute atomic E-state index is 0.178. The van der Waals surface area contributed by atoms with Crippen LogP contribution in [-0.4, -0.2) is 25.2 Å². The summed E-state index contributed by atoms with van der Waals surface area (Å²) in [5, 5.41) is 0. The summed E-state index contributed by atoms with van der Waals surface area (Å²) in [4.78, 5) is 22.3. The summed E-state index contributed by atoms with van der Waals surface area (Å²) in [5.74, 6) is 0.00555. The molecule has 0 aromatic carbocycles. The second-order valence-corrected chi connectivity index (χ2v) is 4.50. The van der Waals surface area contributed by atoms with Crippen LogP contribution in [0.2, 0.25) is 0 Å². The van der Waals surface area contributed by atoms with E-state index in [-0.39, 0.29) is 11.9 Å². The van der Waals surface area contributed by atoms with Gasteiger partial charge in [0.1, 0.15) is 0 Å². The van der Waals surface area contributed by atoms with Gasteiger partial charge in [-0.15, -0.1) is 0 Å².